The number of benzene rings is 1. The zero-order chi connectivity index (χ0) is 17.3. The molecule has 0 aliphatic heterocycles. The number of hydrogen-bond acceptors (Lipinski definition) is 5. The van der Waals surface area contributed by atoms with Crippen molar-refractivity contribution >= 4 is 34.1 Å². The Bertz CT molecular complexity index is 915. The molecule has 0 aliphatic rings. The summed E-state index contributed by atoms with van der Waals surface area (Å²) in [5.41, 5.74) is 3.09. The molecule has 124 valence electrons. The molecule has 2 aromatic heterocycles. The summed E-state index contributed by atoms with van der Waals surface area (Å²) in [4.78, 5) is 28.3. The highest BCUT2D eigenvalue weighted by Gasteiger charge is 2.19. The van der Waals surface area contributed by atoms with E-state index in [1.165, 1.54) is 6.20 Å². The fourth-order valence-corrected chi connectivity index (χ4v) is 3.30. The van der Waals surface area contributed by atoms with Crippen LogP contribution in [-0.2, 0) is 7.05 Å². The topological polar surface area (TPSA) is 96.2 Å². The number of carbonyl (C=O) groups is 2. The van der Waals surface area contributed by atoms with E-state index in [4.69, 9.17) is 5.21 Å². The summed E-state index contributed by atoms with van der Waals surface area (Å²) in [5.74, 6) is -0.837. The van der Waals surface area contributed by atoms with Crippen molar-refractivity contribution in [1.29, 1.82) is 0 Å². The van der Waals surface area contributed by atoms with Crippen LogP contribution in [0.15, 0.2) is 36.5 Å². The summed E-state index contributed by atoms with van der Waals surface area (Å²) in [6.45, 7) is 1.79. The number of amides is 2. The number of rotatable bonds is 4. The van der Waals surface area contributed by atoms with Gasteiger partial charge in [-0.15, -0.1) is 11.3 Å². The molecule has 3 rings (SSSR count). The fourth-order valence-electron chi connectivity index (χ4n) is 2.49. The summed E-state index contributed by atoms with van der Waals surface area (Å²) < 4.78 is 1.84. The number of nitrogens with one attached hydrogen (secondary N) is 2. The minimum Gasteiger partial charge on any atom is -0.342 e. The van der Waals surface area contributed by atoms with Crippen LogP contribution in [-0.4, -0.2) is 26.6 Å². The van der Waals surface area contributed by atoms with Crippen molar-refractivity contribution in [3.8, 4) is 0 Å². The largest absolute Gasteiger partial charge is 0.342 e. The molecule has 0 saturated carbocycles. The molecule has 1 unspecified atom stereocenters. The molecular formula is C16H16N4O3S. The first-order valence-corrected chi connectivity index (χ1v) is 8.08. The standard InChI is InChI=1S/C16H16N4O3S/c1-9(16-17-8-13(24-16)15(22)19-23)18-14(21)12-7-10-5-3-4-6-11(10)20(12)2/h3-9,23H,1-2H3,(H,18,21)(H,19,22). The van der Waals surface area contributed by atoms with E-state index in [1.807, 2.05) is 41.9 Å². The lowest BCUT2D eigenvalue weighted by Crippen LogP contribution is -2.28. The Labute approximate surface area is 141 Å². The minimum atomic E-state index is -0.619. The number of fused-ring (bicyclic) bond motifs is 1. The van der Waals surface area contributed by atoms with Crippen molar-refractivity contribution in [2.75, 3.05) is 0 Å². The summed E-state index contributed by atoms with van der Waals surface area (Å²) >= 11 is 1.12. The van der Waals surface area contributed by atoms with Gasteiger partial charge in [0.1, 0.15) is 15.6 Å². The number of aromatic nitrogens is 2. The van der Waals surface area contributed by atoms with Gasteiger partial charge >= 0.3 is 0 Å². The molecule has 8 heteroatoms. The Hall–Kier alpha value is -2.71. The lowest BCUT2D eigenvalue weighted by molar-refractivity contribution is 0.0710. The Balaban J connectivity index is 1.79. The van der Waals surface area contributed by atoms with Crippen LogP contribution in [0.25, 0.3) is 10.9 Å². The molecule has 1 atom stereocenters. The molecule has 1 aromatic carbocycles. The highest BCUT2D eigenvalue weighted by molar-refractivity contribution is 7.13. The van der Waals surface area contributed by atoms with Crippen LogP contribution in [0, 0.1) is 0 Å². The Morgan fingerprint density at radius 3 is 2.75 bits per heavy atom. The number of aryl methyl sites for hydroxylation is 1. The SMILES string of the molecule is CC(NC(=O)c1cc2ccccc2n1C)c1ncc(C(=O)NO)s1. The first-order chi connectivity index (χ1) is 11.5. The van der Waals surface area contributed by atoms with Crippen LogP contribution < -0.4 is 10.8 Å². The lowest BCUT2D eigenvalue weighted by Gasteiger charge is -2.11. The van der Waals surface area contributed by atoms with Crippen molar-refractivity contribution in [1.82, 2.24) is 20.3 Å². The maximum atomic E-state index is 12.5. The number of hydrogen-bond donors (Lipinski definition) is 3. The molecule has 0 radical (unpaired) electrons. The van der Waals surface area contributed by atoms with E-state index in [2.05, 4.69) is 10.3 Å². The second-order valence-corrected chi connectivity index (χ2v) is 6.41. The molecule has 0 spiro atoms. The predicted molar refractivity (Wildman–Crippen MR) is 90.2 cm³/mol. The van der Waals surface area contributed by atoms with E-state index in [1.54, 1.807) is 12.4 Å². The number of nitrogens with zero attached hydrogens (tertiary/aromatic N) is 2. The molecule has 3 N–H and O–H groups in total. The van der Waals surface area contributed by atoms with Gasteiger partial charge in [-0.25, -0.2) is 10.5 Å². The second kappa shape index (κ2) is 6.42. The smallest absolute Gasteiger partial charge is 0.286 e. The molecule has 2 amide bonds. The maximum absolute atomic E-state index is 12.5. The molecule has 0 fully saturated rings. The second-order valence-electron chi connectivity index (χ2n) is 5.35. The van der Waals surface area contributed by atoms with Crippen LogP contribution in [0.1, 0.15) is 38.1 Å². The highest BCUT2D eigenvalue weighted by Crippen LogP contribution is 2.22. The number of para-hydroxylation sites is 1. The first-order valence-electron chi connectivity index (χ1n) is 7.26. The van der Waals surface area contributed by atoms with Gasteiger partial charge in [0.2, 0.25) is 0 Å². The third kappa shape index (κ3) is 2.89. The van der Waals surface area contributed by atoms with Crippen LogP contribution in [0.4, 0.5) is 0 Å². The van der Waals surface area contributed by atoms with Gasteiger partial charge < -0.3 is 9.88 Å². The van der Waals surface area contributed by atoms with Gasteiger partial charge in [0.25, 0.3) is 11.8 Å². The van der Waals surface area contributed by atoms with Gasteiger partial charge in [-0.05, 0) is 19.1 Å². The summed E-state index contributed by atoms with van der Waals surface area (Å²) in [6, 6.07) is 9.24. The molecule has 0 aliphatic carbocycles. The molecular weight excluding hydrogens is 328 g/mol. The average Bonchev–Trinajstić information content (AvgIpc) is 3.20. The van der Waals surface area contributed by atoms with E-state index in [0.717, 1.165) is 22.2 Å². The minimum absolute atomic E-state index is 0.218. The van der Waals surface area contributed by atoms with Crippen molar-refractivity contribution in [2.24, 2.45) is 7.05 Å². The van der Waals surface area contributed by atoms with Crippen LogP contribution >= 0.6 is 11.3 Å². The van der Waals surface area contributed by atoms with Crippen molar-refractivity contribution in [2.45, 2.75) is 13.0 Å². The first kappa shape index (κ1) is 16.2. The number of hydroxylamine groups is 1. The normalized spacial score (nSPS) is 12.1. The number of carbonyl (C=O) groups excluding carboxylic acids is 2. The van der Waals surface area contributed by atoms with Gasteiger partial charge in [-0.3, -0.25) is 14.8 Å². The van der Waals surface area contributed by atoms with Crippen LogP contribution in [0.5, 0.6) is 0 Å². The van der Waals surface area contributed by atoms with Gasteiger partial charge in [-0.1, -0.05) is 18.2 Å². The quantitative estimate of drug-likeness (QED) is 0.499. The molecule has 2 heterocycles. The summed E-state index contributed by atoms with van der Waals surface area (Å²) in [6.07, 6.45) is 1.37. The van der Waals surface area contributed by atoms with Crippen molar-refractivity contribution in [3.63, 3.8) is 0 Å². The van der Waals surface area contributed by atoms with Gasteiger partial charge in [0.15, 0.2) is 0 Å². The Morgan fingerprint density at radius 1 is 1.29 bits per heavy atom. The van der Waals surface area contributed by atoms with E-state index in [0.29, 0.717) is 10.7 Å². The zero-order valence-corrected chi connectivity index (χ0v) is 13.9. The van der Waals surface area contributed by atoms with E-state index in [9.17, 15) is 9.59 Å². The highest BCUT2D eigenvalue weighted by atomic mass is 32.1. The lowest BCUT2D eigenvalue weighted by atomic mass is 10.2. The van der Waals surface area contributed by atoms with Crippen LogP contribution in [0.3, 0.4) is 0 Å². The van der Waals surface area contributed by atoms with E-state index in [-0.39, 0.29) is 16.8 Å². The van der Waals surface area contributed by atoms with Gasteiger partial charge in [-0.2, -0.15) is 0 Å². The molecule has 0 bridgehead atoms. The third-order valence-corrected chi connectivity index (χ3v) is 4.93. The molecule has 7 nitrogen and oxygen atoms in total. The Kier molecular flexibility index (Phi) is 4.32. The van der Waals surface area contributed by atoms with Crippen molar-refractivity contribution in [3.05, 3.63) is 52.1 Å². The van der Waals surface area contributed by atoms with Gasteiger partial charge in [0.05, 0.1) is 12.2 Å². The monoisotopic (exact) mass is 344 g/mol. The summed E-state index contributed by atoms with van der Waals surface area (Å²) in [7, 11) is 1.84. The van der Waals surface area contributed by atoms with E-state index >= 15 is 0 Å². The third-order valence-electron chi connectivity index (χ3n) is 3.75. The van der Waals surface area contributed by atoms with E-state index < -0.39 is 5.91 Å². The predicted octanol–water partition coefficient (Wildman–Crippen LogP) is 2.24. The summed E-state index contributed by atoms with van der Waals surface area (Å²) in [5, 5.41) is 13.1. The maximum Gasteiger partial charge on any atom is 0.286 e. The molecule has 0 saturated heterocycles. The Morgan fingerprint density at radius 2 is 2.04 bits per heavy atom. The number of thiazole rings is 1. The van der Waals surface area contributed by atoms with Gasteiger partial charge in [0, 0.05) is 18.0 Å². The van der Waals surface area contributed by atoms with Crippen molar-refractivity contribution < 1.29 is 14.8 Å². The van der Waals surface area contributed by atoms with Crippen LogP contribution in [0.2, 0.25) is 0 Å². The molecule has 3 aromatic rings. The fraction of sp³-hybridized carbons (Fsp3) is 0.188. The molecule has 24 heavy (non-hydrogen) atoms. The zero-order valence-electron chi connectivity index (χ0n) is 13.1. The average molecular weight is 344 g/mol.